The second-order valence-electron chi connectivity index (χ2n) is 8.51. The highest BCUT2D eigenvalue weighted by Crippen LogP contribution is 2.36. The van der Waals surface area contributed by atoms with Crippen LogP contribution in [0.25, 0.3) is 0 Å². The van der Waals surface area contributed by atoms with Gasteiger partial charge in [0.05, 0.1) is 19.8 Å². The van der Waals surface area contributed by atoms with Gasteiger partial charge in [-0.25, -0.2) is 21.6 Å². The van der Waals surface area contributed by atoms with E-state index in [-0.39, 0.29) is 13.2 Å². The molecule has 0 spiro atoms. The molecule has 0 unspecified atom stereocenters. The van der Waals surface area contributed by atoms with E-state index in [9.17, 15) is 41.3 Å². The molecule has 3 fully saturated rings. The lowest BCUT2D eigenvalue weighted by Gasteiger charge is -2.46. The molecule has 0 radical (unpaired) electrons. The highest BCUT2D eigenvalue weighted by atomic mass is 32.3. The summed E-state index contributed by atoms with van der Waals surface area (Å²) in [4.78, 5) is 0. The number of aliphatic hydroxyl groups excluding tert-OH is 3. The van der Waals surface area contributed by atoms with Crippen LogP contribution in [0.3, 0.4) is 0 Å². The number of rotatable bonds is 10. The van der Waals surface area contributed by atoms with Crippen LogP contribution in [0.2, 0.25) is 0 Å². The fraction of sp³-hybridized carbons (Fsp3) is 0.684. The number of fused-ring (bicyclic) bond motifs is 2. The van der Waals surface area contributed by atoms with Crippen molar-refractivity contribution in [1.29, 1.82) is 0 Å². The van der Waals surface area contributed by atoms with Gasteiger partial charge in [0.2, 0.25) is 10.4 Å². The zero-order chi connectivity index (χ0) is 27.0. The van der Waals surface area contributed by atoms with Crippen LogP contribution in [0, 0.1) is 0 Å². The molecule has 3 aliphatic rings. The third-order valence-corrected chi connectivity index (χ3v) is 7.00. The van der Waals surface area contributed by atoms with Crippen LogP contribution in [-0.4, -0.2) is 116 Å². The van der Waals surface area contributed by atoms with Crippen LogP contribution in [0.5, 0.6) is 0 Å². The maximum Gasteiger partial charge on any atom is 0.218 e. The summed E-state index contributed by atoms with van der Waals surface area (Å²) in [6.07, 6.45) is -13.8. The normalized spacial score (nSPS) is 38.5. The Bertz CT molecular complexity index is 1120. The number of hydrogen-bond acceptors (Lipinski definition) is 15. The third-order valence-electron chi connectivity index (χ3n) is 5.98. The van der Waals surface area contributed by atoms with E-state index in [1.807, 2.05) is 0 Å². The Morgan fingerprint density at radius 3 is 2.32 bits per heavy atom. The topological polar surface area (TPSA) is 242 Å². The predicted molar refractivity (Wildman–Crippen MR) is 113 cm³/mol. The van der Waals surface area contributed by atoms with Crippen molar-refractivity contribution in [3.8, 4) is 0 Å². The first-order valence-electron chi connectivity index (χ1n) is 10.9. The zero-order valence-corrected chi connectivity index (χ0v) is 20.5. The van der Waals surface area contributed by atoms with Crippen LogP contribution in [0.15, 0.2) is 30.3 Å². The molecule has 16 nitrogen and oxygen atoms in total. The average molecular weight is 572 g/mol. The molecule has 10 atom stereocenters. The van der Waals surface area contributed by atoms with Crippen LogP contribution in [0.4, 0.5) is 0 Å². The van der Waals surface area contributed by atoms with E-state index < -0.39 is 88.7 Å². The van der Waals surface area contributed by atoms with Crippen LogP contribution in [0.1, 0.15) is 5.56 Å². The van der Waals surface area contributed by atoms with Crippen molar-refractivity contribution in [2.75, 3.05) is 13.2 Å². The fourth-order valence-electron chi connectivity index (χ4n) is 4.34. The maximum absolute atomic E-state index is 11.5. The van der Waals surface area contributed by atoms with Crippen LogP contribution in [-0.2, 0) is 55.2 Å². The van der Waals surface area contributed by atoms with Crippen molar-refractivity contribution in [3.05, 3.63) is 35.9 Å². The van der Waals surface area contributed by atoms with Gasteiger partial charge < -0.3 is 48.1 Å². The maximum atomic E-state index is 11.5. The smallest absolute Gasteiger partial charge is 0.218 e. The minimum Gasteiger partial charge on any atom is -0.735 e. The van der Waals surface area contributed by atoms with Gasteiger partial charge in [0.25, 0.3) is 0 Å². The van der Waals surface area contributed by atoms with Gasteiger partial charge in [0.15, 0.2) is 29.0 Å². The van der Waals surface area contributed by atoms with Gasteiger partial charge in [0, 0.05) is 0 Å². The Kier molecular flexibility index (Phi) is 8.83. The van der Waals surface area contributed by atoms with Gasteiger partial charge in [-0.1, -0.05) is 30.3 Å². The first-order valence-corrected chi connectivity index (χ1v) is 13.7. The second-order valence-corrected chi connectivity index (χ2v) is 10.7. The van der Waals surface area contributed by atoms with Gasteiger partial charge in [-0.05, 0) is 5.56 Å². The highest BCUT2D eigenvalue weighted by molar-refractivity contribution is 7.83. The molecular formula is C19H25NO15S2-2. The lowest BCUT2D eigenvalue weighted by molar-refractivity contribution is -0.319. The molecule has 2 bridgehead atoms. The van der Waals surface area contributed by atoms with E-state index in [2.05, 4.69) is 4.18 Å². The van der Waals surface area contributed by atoms with Gasteiger partial charge in [-0.3, -0.25) is 4.18 Å². The molecule has 4 N–H and O–H groups in total. The largest absolute Gasteiger partial charge is 0.735 e. The number of nitrogens with one attached hydrogen (secondary N) is 1. The summed E-state index contributed by atoms with van der Waals surface area (Å²) in [5.74, 6) is 0. The molecule has 1 aromatic rings. The first-order chi connectivity index (χ1) is 17.4. The quantitative estimate of drug-likeness (QED) is 0.157. The van der Waals surface area contributed by atoms with Crippen molar-refractivity contribution in [3.63, 3.8) is 0 Å². The second kappa shape index (κ2) is 11.4. The van der Waals surface area contributed by atoms with Crippen molar-refractivity contribution < 1.29 is 69.1 Å². The van der Waals surface area contributed by atoms with E-state index in [0.717, 1.165) is 0 Å². The summed E-state index contributed by atoms with van der Waals surface area (Å²) in [6.45, 7) is -1.14. The molecule has 3 saturated heterocycles. The summed E-state index contributed by atoms with van der Waals surface area (Å²) in [5.41, 5.74) is 0.648. The van der Waals surface area contributed by atoms with E-state index in [1.165, 1.54) is 0 Å². The van der Waals surface area contributed by atoms with Gasteiger partial charge >= 0.3 is 0 Å². The van der Waals surface area contributed by atoms with Gasteiger partial charge in [0.1, 0.15) is 42.7 Å². The minimum atomic E-state index is -5.30. The Balaban J connectivity index is 1.64. The molecule has 210 valence electrons. The monoisotopic (exact) mass is 571 g/mol. The average Bonchev–Trinajstić information content (AvgIpc) is 3.26. The molecule has 37 heavy (non-hydrogen) atoms. The number of aliphatic hydroxyl groups is 3. The minimum absolute atomic E-state index is 0.119. The summed E-state index contributed by atoms with van der Waals surface area (Å²) < 4.78 is 103. The molecule has 0 aliphatic carbocycles. The molecule has 3 heterocycles. The third kappa shape index (κ3) is 6.99. The SMILES string of the molecule is O=S(=O)([O-])N[C@H]1[C@@H](O[C@H]2[C@H](OCc3ccccc3)[C@@H](OS(=O)(=O)[O-])[C@@H]3OC[C@H]2O3)O[C@H](CO)[C@@H](O)[C@@H]1O. The summed E-state index contributed by atoms with van der Waals surface area (Å²) in [6, 6.07) is 6.73. The predicted octanol–water partition coefficient (Wildman–Crippen LogP) is -3.59. The van der Waals surface area contributed by atoms with Crippen molar-refractivity contribution in [1.82, 2.24) is 4.72 Å². The van der Waals surface area contributed by atoms with Crippen molar-refractivity contribution >= 4 is 20.7 Å². The summed E-state index contributed by atoms with van der Waals surface area (Å²) >= 11 is 0. The van der Waals surface area contributed by atoms with Gasteiger partial charge in [-0.2, -0.15) is 0 Å². The Morgan fingerprint density at radius 1 is 1.00 bits per heavy atom. The molecule has 0 aromatic heterocycles. The van der Waals surface area contributed by atoms with Gasteiger partial charge in [-0.15, -0.1) is 0 Å². The fourth-order valence-corrected chi connectivity index (χ4v) is 5.40. The molecule has 1 aromatic carbocycles. The molecule has 4 rings (SSSR count). The summed E-state index contributed by atoms with van der Waals surface area (Å²) in [7, 11) is -10.5. The molecule has 18 heteroatoms. The highest BCUT2D eigenvalue weighted by Gasteiger charge is 2.56. The standard InChI is InChI=1S/C19H27NO15S2/c21-6-10-13(22)14(23)12(20-36(24,25)26)18(32-10)34-15-11-8-31-19(33-11)17(35-37(27,28)29)16(15)30-7-9-4-2-1-3-5-9/h1-5,10-23H,6-8H2,(H,24,25,26)(H,27,28,29)/p-2/t10-,11-,12-,13-,14-,15-,16+,17-,18-,19-/m1/s1. The summed E-state index contributed by atoms with van der Waals surface area (Å²) in [5, 5.41) is 30.1. The Morgan fingerprint density at radius 2 is 1.70 bits per heavy atom. The van der Waals surface area contributed by atoms with E-state index >= 15 is 0 Å². The first kappa shape index (κ1) is 28.6. The number of benzene rings is 1. The lowest BCUT2D eigenvalue weighted by Crippen LogP contribution is -2.67. The van der Waals surface area contributed by atoms with Crippen LogP contribution < -0.4 is 4.72 Å². The molecule has 3 aliphatic heterocycles. The Hall–Kier alpha value is -1.36. The molecule has 0 saturated carbocycles. The van der Waals surface area contributed by atoms with Crippen LogP contribution >= 0.6 is 0 Å². The Labute approximate surface area is 211 Å². The zero-order valence-electron chi connectivity index (χ0n) is 18.8. The van der Waals surface area contributed by atoms with E-state index in [4.69, 9.17) is 23.7 Å². The van der Waals surface area contributed by atoms with E-state index in [1.54, 1.807) is 35.1 Å². The van der Waals surface area contributed by atoms with Crippen molar-refractivity contribution in [2.45, 2.75) is 68.0 Å². The molecule has 0 amide bonds. The van der Waals surface area contributed by atoms with Crippen molar-refractivity contribution in [2.24, 2.45) is 0 Å². The lowest BCUT2D eigenvalue weighted by atomic mass is 9.96. The van der Waals surface area contributed by atoms with E-state index in [0.29, 0.717) is 5.56 Å². The molecular weight excluding hydrogens is 546 g/mol. The number of hydrogen-bond donors (Lipinski definition) is 4. The number of ether oxygens (including phenoxy) is 5.